The van der Waals surface area contributed by atoms with Gasteiger partial charge < -0.3 is 36.7 Å². The summed E-state index contributed by atoms with van der Waals surface area (Å²) in [4.78, 5) is 35.8. The number of benzene rings is 3. The Balaban J connectivity index is 0.00000274. The lowest BCUT2D eigenvalue weighted by Gasteiger charge is -2.19. The van der Waals surface area contributed by atoms with Crippen LogP contribution in [0.4, 0.5) is 11.4 Å². The molecule has 2 amide bonds. The molecule has 0 bridgehead atoms. The van der Waals surface area contributed by atoms with Crippen LogP contribution in [0.1, 0.15) is 39.5 Å². The number of nitrogens with one attached hydrogen (secondary N) is 3. The number of aliphatic hydroxyl groups is 1. The molecular weight excluding hydrogens is 514 g/mol. The predicted octanol–water partition coefficient (Wildman–Crippen LogP) is 2.76. The molecule has 0 saturated heterocycles. The highest BCUT2D eigenvalue weighted by molar-refractivity contribution is 6.08. The fraction of sp³-hybridized carbons (Fsp3) is 0.241. The monoisotopic (exact) mass is 549 g/mol. The summed E-state index contributed by atoms with van der Waals surface area (Å²) >= 11 is 0. The zero-order chi connectivity index (χ0) is 29.7. The van der Waals surface area contributed by atoms with E-state index in [1.165, 1.54) is 0 Å². The molecule has 3 rings (SSSR count). The molecule has 0 radical (unpaired) electrons. The van der Waals surface area contributed by atoms with E-state index in [9.17, 15) is 14.4 Å². The van der Waals surface area contributed by atoms with Gasteiger partial charge >= 0.3 is 0 Å². The molecule has 0 aliphatic heterocycles. The second kappa shape index (κ2) is 15.5. The number of hydrogen-bond donors (Lipinski definition) is 6. The van der Waals surface area contributed by atoms with Gasteiger partial charge in [-0.25, -0.2) is 0 Å². The zero-order valence-corrected chi connectivity index (χ0v) is 22.7. The molecule has 11 heteroatoms. The van der Waals surface area contributed by atoms with Crippen molar-refractivity contribution >= 4 is 35.3 Å². The first kappa shape index (κ1) is 31.3. The van der Waals surface area contributed by atoms with Gasteiger partial charge in [-0.05, 0) is 67.9 Å². The van der Waals surface area contributed by atoms with Gasteiger partial charge in [0.2, 0.25) is 5.91 Å². The zero-order valence-electron chi connectivity index (χ0n) is 22.7. The van der Waals surface area contributed by atoms with Gasteiger partial charge in [0, 0.05) is 36.2 Å². The Morgan fingerprint density at radius 2 is 1.73 bits per heavy atom. The van der Waals surface area contributed by atoms with Crippen LogP contribution in [0.5, 0.6) is 11.5 Å². The quantitative estimate of drug-likeness (QED) is 0.107. The molecule has 0 aliphatic rings. The minimum Gasteiger partial charge on any atom is -0.490 e. The van der Waals surface area contributed by atoms with E-state index >= 15 is 0 Å². The molecule has 8 N–H and O–H groups in total. The molecule has 0 aromatic heterocycles. The molecule has 3 aromatic carbocycles. The fourth-order valence-corrected chi connectivity index (χ4v) is 3.82. The number of nitrogen functional groups attached to an aromatic ring is 1. The number of carbonyl (C=O) groups excluding carboxylic acids is 3. The summed E-state index contributed by atoms with van der Waals surface area (Å²) in [5.41, 5.74) is 15.1. The van der Waals surface area contributed by atoms with Gasteiger partial charge in [-0.15, -0.1) is 0 Å². The van der Waals surface area contributed by atoms with Crippen molar-refractivity contribution in [2.75, 3.05) is 31.0 Å². The third kappa shape index (κ3) is 8.84. The maximum atomic E-state index is 13.2. The Kier molecular flexibility index (Phi) is 12.1. The van der Waals surface area contributed by atoms with E-state index in [4.69, 9.17) is 31.5 Å². The number of ether oxygens (including phenoxy) is 2. The summed E-state index contributed by atoms with van der Waals surface area (Å²) in [6.07, 6.45) is 0.636. The molecule has 212 valence electrons. The van der Waals surface area contributed by atoms with Gasteiger partial charge in [0.05, 0.1) is 18.6 Å². The average Bonchev–Trinajstić information content (AvgIpc) is 2.93. The van der Waals surface area contributed by atoms with E-state index in [-0.39, 0.29) is 31.3 Å². The largest absolute Gasteiger partial charge is 0.490 e. The summed E-state index contributed by atoms with van der Waals surface area (Å²) in [6, 6.07) is 15.5. The Bertz CT molecular complexity index is 1340. The van der Waals surface area contributed by atoms with Crippen LogP contribution >= 0.6 is 0 Å². The lowest BCUT2D eigenvalue weighted by Crippen LogP contribution is -2.17. The minimum atomic E-state index is -0.498. The van der Waals surface area contributed by atoms with Gasteiger partial charge in [0.1, 0.15) is 12.4 Å². The van der Waals surface area contributed by atoms with E-state index in [1.54, 1.807) is 48.5 Å². The Morgan fingerprint density at radius 3 is 2.33 bits per heavy atom. The third-order valence-corrected chi connectivity index (χ3v) is 5.51. The van der Waals surface area contributed by atoms with Crippen LogP contribution in [0.15, 0.2) is 54.6 Å². The molecule has 0 aliphatic carbocycles. The van der Waals surface area contributed by atoms with E-state index < -0.39 is 5.91 Å². The molecule has 11 nitrogen and oxygen atoms in total. The van der Waals surface area contributed by atoms with Crippen molar-refractivity contribution in [2.45, 2.75) is 26.8 Å². The average molecular weight is 550 g/mol. The van der Waals surface area contributed by atoms with Gasteiger partial charge in [0.25, 0.3) is 5.91 Å². The summed E-state index contributed by atoms with van der Waals surface area (Å²) < 4.78 is 11.4. The van der Waals surface area contributed by atoms with Gasteiger partial charge in [-0.3, -0.25) is 19.8 Å². The van der Waals surface area contributed by atoms with E-state index in [2.05, 4.69) is 10.6 Å². The molecule has 0 atom stereocenters. The minimum absolute atomic E-state index is 0.00163. The van der Waals surface area contributed by atoms with Crippen LogP contribution in [0.25, 0.3) is 0 Å². The summed E-state index contributed by atoms with van der Waals surface area (Å²) in [7, 11) is 1.00. The number of nitrogens with two attached hydrogens (primary N) is 2. The lowest BCUT2D eigenvalue weighted by molar-refractivity contribution is -0.117. The number of amidine groups is 1. The number of primary amides is 1. The number of hydrogen-bond acceptors (Lipinski definition) is 8. The standard InChI is InChI=1S/C28H31N5O5.CH4O/c1-3-37-24-14-18(15-25(29)35)13-20(26(24)38-11-10-34)16-32-23-9-4-17(2)12-22(23)28(36)33-21-7-5-19(6-8-21)27(30)31;1-2/h4-10,12-14,32H,3,11,15-16H2,1-2H3,(H2,29,35)(H3,30,31)(H,33,36);2H,1H3. The topological polar surface area (TPSA) is 190 Å². The van der Waals surface area contributed by atoms with Crippen molar-refractivity contribution in [1.29, 1.82) is 5.41 Å². The van der Waals surface area contributed by atoms with Gasteiger partial charge in [0.15, 0.2) is 17.8 Å². The molecule has 0 saturated carbocycles. The highest BCUT2D eigenvalue weighted by Gasteiger charge is 2.17. The smallest absolute Gasteiger partial charge is 0.257 e. The molecule has 0 unspecified atom stereocenters. The summed E-state index contributed by atoms with van der Waals surface area (Å²) in [6.45, 7) is 4.07. The molecule has 3 aromatic rings. The number of aliphatic hydroxyl groups excluding tert-OH is 1. The van der Waals surface area contributed by atoms with Crippen LogP contribution in [0.2, 0.25) is 0 Å². The van der Waals surface area contributed by atoms with E-state index in [0.717, 1.165) is 12.7 Å². The van der Waals surface area contributed by atoms with Crippen LogP contribution in [0, 0.1) is 12.3 Å². The molecule has 0 heterocycles. The van der Waals surface area contributed by atoms with Crippen molar-refractivity contribution in [3.05, 3.63) is 82.4 Å². The highest BCUT2D eigenvalue weighted by Crippen LogP contribution is 2.34. The third-order valence-electron chi connectivity index (χ3n) is 5.51. The van der Waals surface area contributed by atoms with Crippen LogP contribution < -0.4 is 31.6 Å². The van der Waals surface area contributed by atoms with Gasteiger partial charge in [-0.1, -0.05) is 11.6 Å². The van der Waals surface area contributed by atoms with E-state index in [0.29, 0.717) is 58.0 Å². The summed E-state index contributed by atoms with van der Waals surface area (Å²) in [5, 5.41) is 20.6. The molecule has 40 heavy (non-hydrogen) atoms. The Hall–Kier alpha value is -4.90. The number of aldehydes is 1. The summed E-state index contributed by atoms with van der Waals surface area (Å²) in [5.74, 6) is -0.135. The first-order valence-electron chi connectivity index (χ1n) is 12.4. The lowest BCUT2D eigenvalue weighted by atomic mass is 10.0. The normalized spacial score (nSPS) is 10.0. The first-order valence-corrected chi connectivity index (χ1v) is 12.4. The van der Waals surface area contributed by atoms with Crippen molar-refractivity contribution in [2.24, 2.45) is 11.5 Å². The first-order chi connectivity index (χ1) is 19.2. The van der Waals surface area contributed by atoms with Crippen LogP contribution in [-0.2, 0) is 22.6 Å². The predicted molar refractivity (Wildman–Crippen MR) is 154 cm³/mol. The second-order valence-electron chi connectivity index (χ2n) is 8.48. The number of anilines is 2. The van der Waals surface area contributed by atoms with E-state index in [1.807, 2.05) is 19.9 Å². The van der Waals surface area contributed by atoms with Gasteiger partial charge in [-0.2, -0.15) is 0 Å². The van der Waals surface area contributed by atoms with Crippen molar-refractivity contribution < 1.29 is 29.0 Å². The van der Waals surface area contributed by atoms with Crippen molar-refractivity contribution in [3.8, 4) is 11.5 Å². The molecular formula is C29H35N5O6. The number of rotatable bonds is 13. The molecule has 0 fully saturated rings. The number of amides is 2. The molecule has 0 spiro atoms. The highest BCUT2D eigenvalue weighted by atomic mass is 16.5. The van der Waals surface area contributed by atoms with Crippen LogP contribution in [-0.4, -0.2) is 49.4 Å². The van der Waals surface area contributed by atoms with Crippen molar-refractivity contribution in [3.63, 3.8) is 0 Å². The van der Waals surface area contributed by atoms with Crippen LogP contribution in [0.3, 0.4) is 0 Å². The Morgan fingerprint density at radius 1 is 1.02 bits per heavy atom. The number of aryl methyl sites for hydroxylation is 1. The SMILES string of the molecule is CCOc1cc(CC(N)=O)cc(CNc2ccc(C)cc2C(=O)Nc2ccc(C(=N)N)cc2)c1OCC=O.CO. The maximum Gasteiger partial charge on any atom is 0.257 e. The maximum absolute atomic E-state index is 13.2. The fourth-order valence-electron chi connectivity index (χ4n) is 3.82. The Labute approximate surface area is 233 Å². The second-order valence-corrected chi connectivity index (χ2v) is 8.48. The van der Waals surface area contributed by atoms with Crippen molar-refractivity contribution in [1.82, 2.24) is 0 Å². The number of carbonyl (C=O) groups is 3.